The maximum atomic E-state index is 12.0. The normalized spacial score (nSPS) is 11.6. The topological polar surface area (TPSA) is 35.6 Å². The minimum Gasteiger partial charge on any atom is -0.379 e. The van der Waals surface area contributed by atoms with Crippen molar-refractivity contribution in [1.29, 1.82) is 0 Å². The van der Waals surface area contributed by atoms with Crippen LogP contribution in [0.4, 0.5) is 5.69 Å². The minimum absolute atomic E-state index is 0.116. The van der Waals surface area contributed by atoms with Crippen molar-refractivity contribution in [3.63, 3.8) is 0 Å². The van der Waals surface area contributed by atoms with Gasteiger partial charge in [-0.3, -0.25) is 4.79 Å². The number of carbonyl (C=O) groups is 1. The second-order valence-electron chi connectivity index (χ2n) is 9.98. The Morgan fingerprint density at radius 3 is 2.07 bits per heavy atom. The highest BCUT2D eigenvalue weighted by molar-refractivity contribution is 7.78. The van der Waals surface area contributed by atoms with Crippen molar-refractivity contribution in [2.45, 2.75) is 113 Å². The van der Waals surface area contributed by atoms with Crippen molar-refractivity contribution < 1.29 is 4.79 Å². The molecule has 0 spiro atoms. The fourth-order valence-corrected chi connectivity index (χ4v) is 3.79. The molecule has 1 atom stereocenters. The van der Waals surface area contributed by atoms with E-state index in [2.05, 4.69) is 84.0 Å². The van der Waals surface area contributed by atoms with Gasteiger partial charge in [0.25, 0.3) is 0 Å². The molecule has 1 unspecified atom stereocenters. The van der Waals surface area contributed by atoms with Gasteiger partial charge < -0.3 is 15.1 Å². The maximum Gasteiger partial charge on any atom is 0.224 e. The number of allylic oxidation sites excluding steroid dienone is 5. The number of hydrogen-bond acceptors (Lipinski definition) is 3. The molecular weight excluding hydrogens is 546 g/mol. The lowest BCUT2D eigenvalue weighted by Gasteiger charge is -2.31. The molecule has 1 aromatic carbocycles. The van der Waals surface area contributed by atoms with Crippen LogP contribution in [0.1, 0.15) is 106 Å². The number of nitrogens with one attached hydrogen (secondary N) is 1. The van der Waals surface area contributed by atoms with E-state index in [4.69, 9.17) is 11.6 Å². The predicted octanol–water partition coefficient (Wildman–Crippen LogP) is 10.3. The third-order valence-corrected chi connectivity index (χ3v) is 6.35. The average Bonchev–Trinajstić information content (AvgIpc) is 2.94. The van der Waals surface area contributed by atoms with Gasteiger partial charge in [-0.15, -0.1) is 0 Å². The average molecular weight is 608 g/mol. The number of thiocarbonyl (C=S) groups is 1. The van der Waals surface area contributed by atoms with Gasteiger partial charge in [-0.25, -0.2) is 0 Å². The molecule has 0 saturated carbocycles. The molecule has 1 rings (SSSR count). The molecule has 1 amide bonds. The number of nitrogens with zero attached hydrogens (tertiary/aromatic N) is 2. The number of hydrogen-bond donors (Lipinski definition) is 1. The van der Waals surface area contributed by atoms with Crippen LogP contribution in [0.5, 0.6) is 0 Å². The Hall–Kier alpha value is -1.95. The first-order chi connectivity index (χ1) is 19.6. The van der Waals surface area contributed by atoms with E-state index in [1.54, 1.807) is 6.92 Å². The number of halogens is 1. The summed E-state index contributed by atoms with van der Waals surface area (Å²) in [6.45, 7) is 21.6. The van der Waals surface area contributed by atoms with E-state index >= 15 is 0 Å². The molecule has 1 N–H and O–H groups in total. The van der Waals surface area contributed by atoms with Gasteiger partial charge in [-0.2, -0.15) is 0 Å². The summed E-state index contributed by atoms with van der Waals surface area (Å²) in [6, 6.07) is 8.31. The van der Waals surface area contributed by atoms with E-state index in [0.29, 0.717) is 0 Å². The van der Waals surface area contributed by atoms with Gasteiger partial charge in [0.15, 0.2) is 0 Å². The molecular formula is C35H62ClN3OS. The Morgan fingerprint density at radius 1 is 1.02 bits per heavy atom. The molecule has 1 aromatic rings. The molecule has 0 saturated heterocycles. The van der Waals surface area contributed by atoms with E-state index in [9.17, 15) is 4.79 Å². The Balaban J connectivity index is -0.000000579. The summed E-state index contributed by atoms with van der Waals surface area (Å²) in [6.07, 6.45) is 18.2. The minimum atomic E-state index is 0.116. The summed E-state index contributed by atoms with van der Waals surface area (Å²) < 4.78 is 0. The Labute approximate surface area is 265 Å². The first-order valence-electron chi connectivity index (χ1n) is 15.5. The van der Waals surface area contributed by atoms with E-state index in [0.717, 1.165) is 42.3 Å². The van der Waals surface area contributed by atoms with Gasteiger partial charge in [0.05, 0.1) is 5.49 Å². The summed E-state index contributed by atoms with van der Waals surface area (Å²) in [5.41, 5.74) is 3.67. The Bertz CT molecular complexity index is 834. The summed E-state index contributed by atoms with van der Waals surface area (Å²) in [4.78, 5) is 16.3. The number of anilines is 1. The highest BCUT2D eigenvalue weighted by Gasteiger charge is 2.20. The first kappa shape index (κ1) is 43.5. The van der Waals surface area contributed by atoms with Crippen molar-refractivity contribution >= 4 is 40.9 Å². The largest absolute Gasteiger partial charge is 0.379 e. The lowest BCUT2D eigenvalue weighted by Crippen LogP contribution is -2.39. The monoisotopic (exact) mass is 607 g/mol. The molecule has 236 valence electrons. The van der Waals surface area contributed by atoms with Crippen molar-refractivity contribution in [2.75, 3.05) is 31.6 Å². The fraction of sp³-hybridized carbons (Fsp3) is 0.600. The molecule has 0 aliphatic heterocycles. The number of aryl methyl sites for hydroxylation is 1. The van der Waals surface area contributed by atoms with E-state index in [1.165, 1.54) is 44.0 Å². The maximum absolute atomic E-state index is 12.0. The molecule has 0 aliphatic rings. The third kappa shape index (κ3) is 28.0. The van der Waals surface area contributed by atoms with Crippen LogP contribution in [0.15, 0.2) is 59.7 Å². The van der Waals surface area contributed by atoms with Crippen LogP contribution >= 0.6 is 23.8 Å². The quantitative estimate of drug-likeness (QED) is 0.122. The highest BCUT2D eigenvalue weighted by atomic mass is 35.5. The predicted molar refractivity (Wildman–Crippen MR) is 192 cm³/mol. The number of para-hydroxylation sites is 1. The molecule has 0 bridgehead atoms. The van der Waals surface area contributed by atoms with Crippen molar-refractivity contribution in [1.82, 2.24) is 10.2 Å². The van der Waals surface area contributed by atoms with Crippen molar-refractivity contribution in [3.8, 4) is 0 Å². The second kappa shape index (κ2) is 32.6. The SMILES string of the molecule is CCCC.CCCCC.CCCN(C)CCC(C)N(C(C)=O)c1ccccc1C.C\C=C/C(Cl)=C\C=C\CNC=S. The number of benzene rings is 1. The number of rotatable bonds is 15. The number of unbranched alkanes of at least 4 members (excludes halogenated alkanes) is 3. The van der Waals surface area contributed by atoms with Crippen LogP contribution in [-0.2, 0) is 4.79 Å². The van der Waals surface area contributed by atoms with Gasteiger partial charge in [0, 0.05) is 30.2 Å². The zero-order chi connectivity index (χ0) is 31.9. The summed E-state index contributed by atoms with van der Waals surface area (Å²) in [5, 5.41) is 3.59. The molecule has 0 aliphatic carbocycles. The van der Waals surface area contributed by atoms with Crippen LogP contribution in [0.25, 0.3) is 0 Å². The van der Waals surface area contributed by atoms with Crippen molar-refractivity contribution in [2.24, 2.45) is 0 Å². The lowest BCUT2D eigenvalue weighted by atomic mass is 10.1. The third-order valence-electron chi connectivity index (χ3n) is 5.93. The number of carbonyl (C=O) groups excluding carboxylic acids is 1. The lowest BCUT2D eigenvalue weighted by molar-refractivity contribution is -0.117. The van der Waals surface area contributed by atoms with Gasteiger partial charge >= 0.3 is 0 Å². The van der Waals surface area contributed by atoms with Crippen molar-refractivity contribution in [3.05, 3.63) is 65.2 Å². The molecule has 0 radical (unpaired) electrons. The highest BCUT2D eigenvalue weighted by Crippen LogP contribution is 2.23. The standard InChI is InChI=1S/C17H28N2O.C9H12ClNS.C5H12.C4H10/c1-6-12-18(5)13-11-15(3)19(16(4)20)17-10-8-7-9-14(17)2;1-2-5-9(10)6-3-4-7-11-8-12;1-3-5-4-2;1-3-4-2/h7-10,15H,6,11-13H2,1-5H3;2-6,8H,7H2,1H3,(H,11,12);3-5H2,1-2H3;3-4H2,1-2H3/b;4-3+,5-2-,9-6+;;. The summed E-state index contributed by atoms with van der Waals surface area (Å²) in [5.74, 6) is 0.116. The Morgan fingerprint density at radius 2 is 1.63 bits per heavy atom. The molecule has 0 heterocycles. The van der Waals surface area contributed by atoms with Crippen LogP contribution < -0.4 is 10.2 Å². The van der Waals surface area contributed by atoms with Gasteiger partial charge in [-0.1, -0.05) is 127 Å². The van der Waals surface area contributed by atoms with Gasteiger partial charge in [0.1, 0.15) is 0 Å². The molecule has 41 heavy (non-hydrogen) atoms. The Kier molecular flexibility index (Phi) is 34.6. The van der Waals surface area contributed by atoms with Gasteiger partial charge in [-0.05, 0) is 77.5 Å². The number of amides is 1. The molecule has 0 aromatic heterocycles. The van der Waals surface area contributed by atoms with Crippen LogP contribution in [0, 0.1) is 6.92 Å². The van der Waals surface area contributed by atoms with E-state index < -0.39 is 0 Å². The second-order valence-corrected chi connectivity index (χ2v) is 10.6. The van der Waals surface area contributed by atoms with Crippen LogP contribution in [0.2, 0.25) is 0 Å². The smallest absolute Gasteiger partial charge is 0.224 e. The molecule has 6 heteroatoms. The summed E-state index contributed by atoms with van der Waals surface area (Å²) >= 11 is 10.3. The first-order valence-corrected chi connectivity index (χ1v) is 16.3. The molecule has 4 nitrogen and oxygen atoms in total. The molecule has 0 fully saturated rings. The van der Waals surface area contributed by atoms with Crippen LogP contribution in [0.3, 0.4) is 0 Å². The van der Waals surface area contributed by atoms with E-state index in [1.807, 2.05) is 60.4 Å². The fourth-order valence-electron chi connectivity index (χ4n) is 3.49. The van der Waals surface area contributed by atoms with Crippen LogP contribution in [-0.4, -0.2) is 49.0 Å². The van der Waals surface area contributed by atoms with Gasteiger partial charge in [0.2, 0.25) is 5.91 Å². The zero-order valence-electron chi connectivity index (χ0n) is 28.0. The van der Waals surface area contributed by atoms with E-state index in [-0.39, 0.29) is 11.9 Å². The summed E-state index contributed by atoms with van der Waals surface area (Å²) in [7, 11) is 2.14. The zero-order valence-corrected chi connectivity index (χ0v) is 29.6.